The van der Waals surface area contributed by atoms with Crippen molar-refractivity contribution in [3.8, 4) is 17.2 Å². The van der Waals surface area contributed by atoms with Crippen LogP contribution in [-0.2, 0) is 9.59 Å². The number of amides is 2. The second kappa shape index (κ2) is 9.07. The average Bonchev–Trinajstić information content (AvgIpc) is 2.67. The Bertz CT molecular complexity index is 820. The van der Waals surface area contributed by atoms with Crippen LogP contribution in [0.3, 0.4) is 0 Å². The molecule has 0 unspecified atom stereocenters. The number of rotatable bonds is 6. The van der Waals surface area contributed by atoms with Gasteiger partial charge in [-0.2, -0.15) is 5.10 Å². The van der Waals surface area contributed by atoms with Gasteiger partial charge in [0.15, 0.2) is 0 Å². The van der Waals surface area contributed by atoms with Crippen molar-refractivity contribution < 1.29 is 23.8 Å². The lowest BCUT2D eigenvalue weighted by Crippen LogP contribution is -2.32. The van der Waals surface area contributed by atoms with Crippen LogP contribution in [0.4, 0.5) is 5.69 Å². The maximum Gasteiger partial charge on any atom is 0.329 e. The monoisotopic (exact) mass is 357 g/mol. The lowest BCUT2D eigenvalue weighted by atomic mass is 10.2. The van der Waals surface area contributed by atoms with E-state index in [2.05, 4.69) is 15.8 Å². The fraction of sp³-hybridized carbons (Fsp3) is 0.167. The molecule has 2 aromatic rings. The molecule has 0 fully saturated rings. The Balaban J connectivity index is 1.99. The number of hydrogen-bond donors (Lipinski definition) is 2. The van der Waals surface area contributed by atoms with Gasteiger partial charge in [-0.25, -0.2) is 5.43 Å². The third-order valence-electron chi connectivity index (χ3n) is 3.34. The van der Waals surface area contributed by atoms with E-state index in [0.29, 0.717) is 28.5 Å². The molecule has 0 bridgehead atoms. The minimum atomic E-state index is -0.911. The second-order valence-corrected chi connectivity index (χ2v) is 4.99. The molecule has 0 radical (unpaired) electrons. The zero-order valence-corrected chi connectivity index (χ0v) is 14.6. The highest BCUT2D eigenvalue weighted by atomic mass is 16.5. The molecule has 0 saturated heterocycles. The molecule has 0 saturated carbocycles. The van der Waals surface area contributed by atoms with E-state index in [1.54, 1.807) is 42.5 Å². The fourth-order valence-corrected chi connectivity index (χ4v) is 2.04. The summed E-state index contributed by atoms with van der Waals surface area (Å²) in [7, 11) is 4.56. The molecule has 0 aliphatic carbocycles. The molecule has 0 heterocycles. The van der Waals surface area contributed by atoms with E-state index in [0.717, 1.165) is 0 Å². The Labute approximate surface area is 150 Å². The van der Waals surface area contributed by atoms with Gasteiger partial charge in [-0.3, -0.25) is 9.59 Å². The number of anilines is 1. The number of benzene rings is 2. The Morgan fingerprint density at radius 2 is 1.65 bits per heavy atom. The number of hydrogen-bond acceptors (Lipinski definition) is 6. The molecular weight excluding hydrogens is 338 g/mol. The third kappa shape index (κ3) is 4.97. The van der Waals surface area contributed by atoms with Crippen molar-refractivity contribution in [2.45, 2.75) is 0 Å². The van der Waals surface area contributed by atoms with Gasteiger partial charge in [0.1, 0.15) is 17.2 Å². The van der Waals surface area contributed by atoms with Crippen molar-refractivity contribution in [3.63, 3.8) is 0 Å². The fourth-order valence-electron chi connectivity index (χ4n) is 2.04. The molecule has 0 atom stereocenters. The zero-order chi connectivity index (χ0) is 18.9. The van der Waals surface area contributed by atoms with Crippen LogP contribution >= 0.6 is 0 Å². The van der Waals surface area contributed by atoms with Gasteiger partial charge in [0.2, 0.25) is 0 Å². The molecular formula is C18H19N3O5. The van der Waals surface area contributed by atoms with Crippen LogP contribution in [0.2, 0.25) is 0 Å². The lowest BCUT2D eigenvalue weighted by Gasteiger charge is -2.07. The molecule has 0 aliphatic heterocycles. The number of hydrazone groups is 1. The summed E-state index contributed by atoms with van der Waals surface area (Å²) in [6.07, 6.45) is 1.36. The Hall–Kier alpha value is -3.55. The first-order valence-corrected chi connectivity index (χ1v) is 7.58. The van der Waals surface area contributed by atoms with Crippen molar-refractivity contribution >= 4 is 23.7 Å². The predicted octanol–water partition coefficient (Wildman–Crippen LogP) is 1.80. The number of carbonyl (C=O) groups is 2. The zero-order valence-electron chi connectivity index (χ0n) is 14.6. The van der Waals surface area contributed by atoms with Gasteiger partial charge in [0, 0.05) is 17.3 Å². The Morgan fingerprint density at radius 1 is 0.923 bits per heavy atom. The number of nitrogens with one attached hydrogen (secondary N) is 2. The first-order chi connectivity index (χ1) is 12.6. The largest absolute Gasteiger partial charge is 0.497 e. The number of methoxy groups -OCH3 is 3. The lowest BCUT2D eigenvalue weighted by molar-refractivity contribution is -0.136. The smallest absolute Gasteiger partial charge is 0.329 e. The van der Waals surface area contributed by atoms with E-state index in [9.17, 15) is 9.59 Å². The van der Waals surface area contributed by atoms with Crippen molar-refractivity contribution in [1.29, 1.82) is 0 Å². The van der Waals surface area contributed by atoms with Crippen LogP contribution in [0.1, 0.15) is 5.56 Å². The summed E-state index contributed by atoms with van der Waals surface area (Å²) < 4.78 is 15.4. The van der Waals surface area contributed by atoms with Gasteiger partial charge >= 0.3 is 11.8 Å². The highest BCUT2D eigenvalue weighted by molar-refractivity contribution is 6.39. The van der Waals surface area contributed by atoms with Crippen molar-refractivity contribution in [2.24, 2.45) is 5.10 Å². The van der Waals surface area contributed by atoms with Crippen LogP contribution in [-0.4, -0.2) is 39.4 Å². The molecule has 2 amide bonds. The van der Waals surface area contributed by atoms with Gasteiger partial charge in [-0.1, -0.05) is 6.07 Å². The van der Waals surface area contributed by atoms with E-state index in [1.807, 2.05) is 0 Å². The molecule has 8 heteroatoms. The van der Waals surface area contributed by atoms with Gasteiger partial charge in [0.25, 0.3) is 0 Å². The van der Waals surface area contributed by atoms with Crippen molar-refractivity contribution in [2.75, 3.05) is 26.6 Å². The summed E-state index contributed by atoms with van der Waals surface area (Å²) >= 11 is 0. The first kappa shape index (κ1) is 18.8. The van der Waals surface area contributed by atoms with Gasteiger partial charge in [-0.15, -0.1) is 0 Å². The molecule has 0 aromatic heterocycles. The quantitative estimate of drug-likeness (QED) is 0.467. The molecule has 8 nitrogen and oxygen atoms in total. The molecule has 2 rings (SSSR count). The third-order valence-corrected chi connectivity index (χ3v) is 3.34. The van der Waals surface area contributed by atoms with Crippen molar-refractivity contribution in [1.82, 2.24) is 5.43 Å². The molecule has 26 heavy (non-hydrogen) atoms. The van der Waals surface area contributed by atoms with E-state index >= 15 is 0 Å². The van der Waals surface area contributed by atoms with Crippen LogP contribution in [0.15, 0.2) is 47.6 Å². The SMILES string of the molecule is COc1cccc(NC(=O)C(=O)NN=Cc2cc(OC)ccc2OC)c1. The van der Waals surface area contributed by atoms with Crippen LogP contribution in [0, 0.1) is 0 Å². The molecule has 2 aromatic carbocycles. The normalized spacial score (nSPS) is 10.3. The minimum absolute atomic E-state index is 0.433. The number of nitrogens with zero attached hydrogens (tertiary/aromatic N) is 1. The van der Waals surface area contributed by atoms with E-state index < -0.39 is 11.8 Å². The van der Waals surface area contributed by atoms with Gasteiger partial charge in [0.05, 0.1) is 27.5 Å². The van der Waals surface area contributed by atoms with Crippen LogP contribution in [0.25, 0.3) is 0 Å². The van der Waals surface area contributed by atoms with Crippen LogP contribution in [0.5, 0.6) is 17.2 Å². The van der Waals surface area contributed by atoms with E-state index in [-0.39, 0.29) is 0 Å². The Kier molecular flexibility index (Phi) is 6.55. The average molecular weight is 357 g/mol. The van der Waals surface area contributed by atoms with E-state index in [1.165, 1.54) is 27.5 Å². The number of ether oxygens (including phenoxy) is 3. The highest BCUT2D eigenvalue weighted by Gasteiger charge is 2.13. The predicted molar refractivity (Wildman–Crippen MR) is 96.9 cm³/mol. The maximum absolute atomic E-state index is 11.9. The van der Waals surface area contributed by atoms with Gasteiger partial charge in [-0.05, 0) is 30.3 Å². The minimum Gasteiger partial charge on any atom is -0.497 e. The summed E-state index contributed by atoms with van der Waals surface area (Å²) in [5.74, 6) is -0.0516. The summed E-state index contributed by atoms with van der Waals surface area (Å²) in [5.41, 5.74) is 3.18. The highest BCUT2D eigenvalue weighted by Crippen LogP contribution is 2.22. The first-order valence-electron chi connectivity index (χ1n) is 7.58. The number of carbonyl (C=O) groups excluding carboxylic acids is 2. The van der Waals surface area contributed by atoms with Gasteiger partial charge < -0.3 is 19.5 Å². The summed E-state index contributed by atoms with van der Waals surface area (Å²) in [5, 5.41) is 6.23. The molecule has 2 N–H and O–H groups in total. The second-order valence-electron chi connectivity index (χ2n) is 4.99. The van der Waals surface area contributed by atoms with E-state index in [4.69, 9.17) is 14.2 Å². The van der Waals surface area contributed by atoms with Crippen molar-refractivity contribution in [3.05, 3.63) is 48.0 Å². The molecule has 0 aliphatic rings. The summed E-state index contributed by atoms with van der Waals surface area (Å²) in [6.45, 7) is 0. The summed E-state index contributed by atoms with van der Waals surface area (Å²) in [6, 6.07) is 11.8. The topological polar surface area (TPSA) is 98.2 Å². The molecule has 136 valence electrons. The Morgan fingerprint density at radius 3 is 2.35 bits per heavy atom. The van der Waals surface area contributed by atoms with Crippen LogP contribution < -0.4 is 25.0 Å². The standard InChI is InChI=1S/C18H19N3O5/c1-24-14-6-4-5-13(10-14)20-17(22)18(23)21-19-11-12-9-15(25-2)7-8-16(12)26-3/h4-11H,1-3H3,(H,20,22)(H,21,23). The summed E-state index contributed by atoms with van der Waals surface area (Å²) in [4.78, 5) is 23.7. The molecule has 0 spiro atoms. The maximum atomic E-state index is 11.9.